The average molecular weight is 348 g/mol. The second-order valence-corrected chi connectivity index (χ2v) is 6.87. The third-order valence-electron chi connectivity index (χ3n) is 4.37. The summed E-state index contributed by atoms with van der Waals surface area (Å²) in [6.07, 6.45) is 1.47. The fourth-order valence-electron chi connectivity index (χ4n) is 3.07. The van der Waals surface area contributed by atoms with Crippen molar-refractivity contribution in [2.45, 2.75) is 25.0 Å². The summed E-state index contributed by atoms with van der Waals surface area (Å²) in [7, 11) is 1.74. The Balaban J connectivity index is 1.69. The number of nitrogens with zero attached hydrogens (tertiary/aromatic N) is 1. The highest BCUT2D eigenvalue weighted by Gasteiger charge is 2.39. The molecule has 3 atom stereocenters. The van der Waals surface area contributed by atoms with Crippen molar-refractivity contribution in [3.63, 3.8) is 0 Å². The molecule has 3 rings (SSSR count). The van der Waals surface area contributed by atoms with Crippen LogP contribution in [0.5, 0.6) is 0 Å². The lowest BCUT2D eigenvalue weighted by Crippen LogP contribution is -2.46. The number of carbonyl (C=O) groups excluding carboxylic acids is 2. The molecule has 1 saturated heterocycles. The molecule has 6 nitrogen and oxygen atoms in total. The van der Waals surface area contributed by atoms with Crippen LogP contribution in [0.4, 0.5) is 0 Å². The van der Waals surface area contributed by atoms with E-state index in [1.54, 1.807) is 35.4 Å². The minimum atomic E-state index is -0.882. The predicted molar refractivity (Wildman–Crippen MR) is 89.2 cm³/mol. The second kappa shape index (κ2) is 7.19. The molecule has 0 radical (unpaired) electrons. The quantitative estimate of drug-likeness (QED) is 0.867. The zero-order valence-corrected chi connectivity index (χ0v) is 14.2. The standard InChI is InChI=1S/C17H20N2O4S/c1-19-15(21)7-6-11(16(19)14-5-3-9-24-14)17(22)18-10-12(20)13-4-2-8-23-13/h2-5,8-9,11-12,16,20H,6-7,10H2,1H3,(H,18,22)/t11-,12+,16-/m0/s1. The molecule has 0 saturated carbocycles. The highest BCUT2D eigenvalue weighted by Crippen LogP contribution is 2.37. The van der Waals surface area contributed by atoms with Gasteiger partial charge in [-0.15, -0.1) is 11.3 Å². The summed E-state index contributed by atoms with van der Waals surface area (Å²) in [6.45, 7) is 0.0810. The smallest absolute Gasteiger partial charge is 0.225 e. The second-order valence-electron chi connectivity index (χ2n) is 5.89. The summed E-state index contributed by atoms with van der Waals surface area (Å²) in [4.78, 5) is 27.3. The summed E-state index contributed by atoms with van der Waals surface area (Å²) in [5.41, 5.74) is 0. The lowest BCUT2D eigenvalue weighted by molar-refractivity contribution is -0.141. The van der Waals surface area contributed by atoms with Crippen molar-refractivity contribution >= 4 is 23.2 Å². The summed E-state index contributed by atoms with van der Waals surface area (Å²) in [5.74, 6) is -0.0115. The maximum atomic E-state index is 12.6. The zero-order chi connectivity index (χ0) is 17.1. The van der Waals surface area contributed by atoms with Crippen LogP contribution >= 0.6 is 11.3 Å². The molecule has 7 heteroatoms. The first-order chi connectivity index (χ1) is 11.6. The Hall–Kier alpha value is -2.12. The van der Waals surface area contributed by atoms with Gasteiger partial charge in [-0.1, -0.05) is 6.07 Å². The van der Waals surface area contributed by atoms with Gasteiger partial charge in [0.15, 0.2) is 0 Å². The average Bonchev–Trinajstić information content (AvgIpc) is 3.27. The number of aliphatic hydroxyl groups is 1. The molecule has 1 aliphatic heterocycles. The van der Waals surface area contributed by atoms with E-state index in [9.17, 15) is 14.7 Å². The van der Waals surface area contributed by atoms with E-state index in [1.165, 1.54) is 6.26 Å². The topological polar surface area (TPSA) is 82.8 Å². The van der Waals surface area contributed by atoms with Crippen LogP contribution in [0.3, 0.4) is 0 Å². The minimum Gasteiger partial charge on any atom is -0.467 e. The Bertz CT molecular complexity index is 684. The van der Waals surface area contributed by atoms with Gasteiger partial charge in [-0.3, -0.25) is 9.59 Å². The van der Waals surface area contributed by atoms with E-state index in [0.717, 1.165) is 4.88 Å². The lowest BCUT2D eigenvalue weighted by atomic mass is 9.87. The van der Waals surface area contributed by atoms with Crippen molar-refractivity contribution < 1.29 is 19.1 Å². The zero-order valence-electron chi connectivity index (χ0n) is 13.3. The van der Waals surface area contributed by atoms with Crippen molar-refractivity contribution in [1.29, 1.82) is 0 Å². The van der Waals surface area contributed by atoms with E-state index < -0.39 is 6.10 Å². The van der Waals surface area contributed by atoms with Crippen LogP contribution in [0, 0.1) is 5.92 Å². The van der Waals surface area contributed by atoms with Crippen molar-refractivity contribution in [2.24, 2.45) is 5.92 Å². The molecular weight excluding hydrogens is 328 g/mol. The first-order valence-corrected chi connectivity index (χ1v) is 8.74. The predicted octanol–water partition coefficient (Wildman–Crippen LogP) is 2.10. The van der Waals surface area contributed by atoms with Crippen LogP contribution in [-0.2, 0) is 9.59 Å². The molecule has 1 fully saturated rings. The molecule has 0 bridgehead atoms. The van der Waals surface area contributed by atoms with Crippen LogP contribution in [-0.4, -0.2) is 35.4 Å². The van der Waals surface area contributed by atoms with Crippen molar-refractivity contribution in [3.05, 3.63) is 46.5 Å². The van der Waals surface area contributed by atoms with Gasteiger partial charge in [-0.05, 0) is 30.0 Å². The molecule has 2 aromatic heterocycles. The Labute approximate surface area is 144 Å². The monoisotopic (exact) mass is 348 g/mol. The molecule has 0 spiro atoms. The number of nitrogens with one attached hydrogen (secondary N) is 1. The number of likely N-dealkylation sites (tertiary alicyclic amines) is 1. The molecule has 128 valence electrons. The van der Waals surface area contributed by atoms with Crippen LogP contribution in [0.2, 0.25) is 0 Å². The molecule has 24 heavy (non-hydrogen) atoms. The normalized spacial score (nSPS) is 22.4. The Morgan fingerprint density at radius 1 is 1.50 bits per heavy atom. The Morgan fingerprint density at radius 3 is 3.00 bits per heavy atom. The molecule has 2 amide bonds. The van der Waals surface area contributed by atoms with Gasteiger partial charge in [0.1, 0.15) is 11.9 Å². The molecule has 0 aliphatic carbocycles. The van der Waals surface area contributed by atoms with E-state index in [1.807, 2.05) is 17.5 Å². The fraction of sp³-hybridized carbons (Fsp3) is 0.412. The number of amides is 2. The molecule has 2 N–H and O–H groups in total. The number of aliphatic hydroxyl groups excluding tert-OH is 1. The van der Waals surface area contributed by atoms with Crippen LogP contribution in [0.1, 0.15) is 35.6 Å². The number of furan rings is 1. The third kappa shape index (κ3) is 3.37. The summed E-state index contributed by atoms with van der Waals surface area (Å²) in [6, 6.07) is 6.96. The number of piperidine rings is 1. The Kier molecular flexibility index (Phi) is 5.01. The highest BCUT2D eigenvalue weighted by molar-refractivity contribution is 7.10. The maximum absolute atomic E-state index is 12.6. The van der Waals surface area contributed by atoms with Crippen LogP contribution < -0.4 is 5.32 Å². The lowest BCUT2D eigenvalue weighted by Gasteiger charge is -2.37. The van der Waals surface area contributed by atoms with Gasteiger partial charge < -0.3 is 19.7 Å². The van der Waals surface area contributed by atoms with Gasteiger partial charge in [0, 0.05) is 18.3 Å². The maximum Gasteiger partial charge on any atom is 0.225 e. The minimum absolute atomic E-state index is 0.0491. The van der Waals surface area contributed by atoms with E-state index >= 15 is 0 Å². The van der Waals surface area contributed by atoms with Crippen molar-refractivity contribution in [3.8, 4) is 0 Å². The van der Waals surface area contributed by atoms with Gasteiger partial charge in [0.2, 0.25) is 11.8 Å². The SMILES string of the molecule is CN1C(=O)CC[C@H](C(=O)NC[C@@H](O)c2ccco2)[C@H]1c1cccs1. The summed E-state index contributed by atoms with van der Waals surface area (Å²) < 4.78 is 5.13. The van der Waals surface area contributed by atoms with Gasteiger partial charge in [-0.2, -0.15) is 0 Å². The van der Waals surface area contributed by atoms with Crippen molar-refractivity contribution in [2.75, 3.05) is 13.6 Å². The molecule has 3 heterocycles. The fourth-order valence-corrected chi connectivity index (χ4v) is 4.00. The highest BCUT2D eigenvalue weighted by atomic mass is 32.1. The number of hydrogen-bond donors (Lipinski definition) is 2. The molecule has 0 aromatic carbocycles. The van der Waals surface area contributed by atoms with Crippen LogP contribution in [0.25, 0.3) is 0 Å². The van der Waals surface area contributed by atoms with E-state index in [0.29, 0.717) is 18.6 Å². The first kappa shape index (κ1) is 16.7. The number of carbonyl (C=O) groups is 2. The largest absolute Gasteiger partial charge is 0.467 e. The van der Waals surface area contributed by atoms with Gasteiger partial charge in [-0.25, -0.2) is 0 Å². The van der Waals surface area contributed by atoms with E-state index in [4.69, 9.17) is 4.42 Å². The van der Waals surface area contributed by atoms with Crippen molar-refractivity contribution in [1.82, 2.24) is 10.2 Å². The molecular formula is C17H20N2O4S. The van der Waals surface area contributed by atoms with E-state index in [2.05, 4.69) is 5.32 Å². The van der Waals surface area contributed by atoms with Gasteiger partial charge >= 0.3 is 0 Å². The number of hydrogen-bond acceptors (Lipinski definition) is 5. The third-order valence-corrected chi connectivity index (χ3v) is 5.32. The summed E-state index contributed by atoms with van der Waals surface area (Å²) >= 11 is 1.54. The number of thiophene rings is 1. The van der Waals surface area contributed by atoms with Crippen LogP contribution in [0.15, 0.2) is 40.3 Å². The first-order valence-electron chi connectivity index (χ1n) is 7.86. The van der Waals surface area contributed by atoms with Gasteiger partial charge in [0.25, 0.3) is 0 Å². The van der Waals surface area contributed by atoms with Gasteiger partial charge in [0.05, 0.1) is 24.8 Å². The Morgan fingerprint density at radius 2 is 2.33 bits per heavy atom. The summed E-state index contributed by atoms with van der Waals surface area (Å²) in [5, 5.41) is 14.8. The number of rotatable bonds is 5. The molecule has 2 aromatic rings. The van der Waals surface area contributed by atoms with E-state index in [-0.39, 0.29) is 30.3 Å². The molecule has 0 unspecified atom stereocenters. The molecule has 1 aliphatic rings.